The quantitative estimate of drug-likeness (QED) is 0.636. The smallest absolute Gasteiger partial charge is 0.0664 e. The highest BCUT2D eigenvalue weighted by molar-refractivity contribution is 9.12. The van der Waals surface area contributed by atoms with Crippen LogP contribution in [-0.2, 0) is 0 Å². The Kier molecular flexibility index (Phi) is 2.64. The highest BCUT2D eigenvalue weighted by Crippen LogP contribution is 2.14. The van der Waals surface area contributed by atoms with Crippen molar-refractivity contribution in [2.45, 2.75) is 18.9 Å². The van der Waals surface area contributed by atoms with Gasteiger partial charge in [-0.25, -0.2) is 0 Å². The number of allylic oxidation sites excluding steroid dienone is 1. The van der Waals surface area contributed by atoms with E-state index in [2.05, 4.69) is 27.0 Å². The number of nitriles is 1. The molecule has 1 atom stereocenters. The van der Waals surface area contributed by atoms with Gasteiger partial charge in [-0.05, 0) is 22.4 Å². The summed E-state index contributed by atoms with van der Waals surface area (Å²) in [6.07, 6.45) is 5.19. The lowest BCUT2D eigenvalue weighted by Gasteiger charge is -2.08. The molecule has 0 N–H and O–H groups in total. The van der Waals surface area contributed by atoms with Crippen LogP contribution in [0.1, 0.15) is 12.8 Å². The van der Waals surface area contributed by atoms with Crippen molar-refractivity contribution >= 4 is 22.1 Å². The molecule has 0 aromatic heterocycles. The fourth-order valence-electron chi connectivity index (χ4n) is 0.780. The Balaban J connectivity index is 2.46. The summed E-state index contributed by atoms with van der Waals surface area (Å²) in [4.78, 5) is 4.14. The van der Waals surface area contributed by atoms with Gasteiger partial charge in [0.1, 0.15) is 0 Å². The number of halogens is 1. The number of dihydropyridines is 1. The summed E-state index contributed by atoms with van der Waals surface area (Å²) in [5.41, 5.74) is 0. The van der Waals surface area contributed by atoms with E-state index in [0.717, 1.165) is 10.9 Å². The lowest BCUT2D eigenvalue weighted by molar-refractivity contribution is 0.700. The molecule has 0 radical (unpaired) electrons. The molecule has 10 heavy (non-hydrogen) atoms. The van der Waals surface area contributed by atoms with Gasteiger partial charge >= 0.3 is 0 Å². The molecule has 0 aromatic carbocycles. The molecule has 1 aliphatic heterocycles. The maximum absolute atomic E-state index is 8.33. The Hall–Kier alpha value is -0.620. The van der Waals surface area contributed by atoms with E-state index < -0.39 is 0 Å². The topological polar surface area (TPSA) is 36.1 Å². The van der Waals surface area contributed by atoms with E-state index in [-0.39, 0.29) is 6.04 Å². The lowest BCUT2D eigenvalue weighted by atomic mass is 10.1. The fraction of sp³-hybridized carbons (Fsp3) is 0.429. The van der Waals surface area contributed by atoms with Crippen LogP contribution in [0.5, 0.6) is 0 Å². The molecule has 0 bridgehead atoms. The lowest BCUT2D eigenvalue weighted by Crippen LogP contribution is -2.05. The van der Waals surface area contributed by atoms with E-state index in [0.29, 0.717) is 6.42 Å². The molecule has 0 saturated carbocycles. The summed E-state index contributed by atoms with van der Waals surface area (Å²) in [5, 5.41) is 8.33. The van der Waals surface area contributed by atoms with Gasteiger partial charge < -0.3 is 0 Å². The van der Waals surface area contributed by atoms with Crippen LogP contribution >= 0.6 is 15.9 Å². The first-order valence-electron chi connectivity index (χ1n) is 3.08. The second kappa shape index (κ2) is 3.52. The minimum atomic E-state index is 0.186. The minimum absolute atomic E-state index is 0.186. The number of hydrogen-bond acceptors (Lipinski definition) is 2. The third kappa shape index (κ3) is 1.96. The molecule has 52 valence electrons. The number of aliphatic imine (C=N–C) groups is 1. The zero-order chi connectivity index (χ0) is 7.40. The Morgan fingerprint density at radius 3 is 3.20 bits per heavy atom. The van der Waals surface area contributed by atoms with Crippen LogP contribution in [-0.4, -0.2) is 12.3 Å². The van der Waals surface area contributed by atoms with Gasteiger partial charge in [-0.15, -0.1) is 0 Å². The summed E-state index contributed by atoms with van der Waals surface area (Å²) in [7, 11) is 0. The van der Waals surface area contributed by atoms with Crippen LogP contribution in [0.3, 0.4) is 0 Å². The van der Waals surface area contributed by atoms with E-state index >= 15 is 0 Å². The molecule has 3 heteroatoms. The van der Waals surface area contributed by atoms with E-state index in [1.807, 2.05) is 6.08 Å². The van der Waals surface area contributed by atoms with E-state index in [1.165, 1.54) is 0 Å². The van der Waals surface area contributed by atoms with Gasteiger partial charge in [0.2, 0.25) is 0 Å². The summed E-state index contributed by atoms with van der Waals surface area (Å²) in [6, 6.07) is 2.28. The average Bonchev–Trinajstić information content (AvgIpc) is 1.95. The Morgan fingerprint density at radius 2 is 2.70 bits per heavy atom. The van der Waals surface area contributed by atoms with Crippen LogP contribution in [0.15, 0.2) is 15.6 Å². The predicted molar refractivity (Wildman–Crippen MR) is 44.1 cm³/mol. The molecule has 0 amide bonds. The van der Waals surface area contributed by atoms with Gasteiger partial charge in [0.15, 0.2) is 0 Å². The molecular weight excluding hydrogens is 192 g/mol. The van der Waals surface area contributed by atoms with Gasteiger partial charge in [0.05, 0.1) is 18.5 Å². The van der Waals surface area contributed by atoms with Gasteiger partial charge in [-0.1, -0.05) is 6.08 Å². The van der Waals surface area contributed by atoms with Crippen LogP contribution < -0.4 is 0 Å². The van der Waals surface area contributed by atoms with Crippen molar-refractivity contribution in [2.24, 2.45) is 4.99 Å². The zero-order valence-corrected chi connectivity index (χ0v) is 7.00. The summed E-state index contributed by atoms with van der Waals surface area (Å²) < 4.78 is 1.02. The highest BCUT2D eigenvalue weighted by Gasteiger charge is 2.06. The van der Waals surface area contributed by atoms with Crippen LogP contribution in [0, 0.1) is 11.3 Å². The average molecular weight is 199 g/mol. The van der Waals surface area contributed by atoms with Crippen molar-refractivity contribution in [3.05, 3.63) is 10.6 Å². The van der Waals surface area contributed by atoms with E-state index in [1.54, 1.807) is 6.21 Å². The summed E-state index contributed by atoms with van der Waals surface area (Å²) >= 11 is 3.30. The fourth-order valence-corrected chi connectivity index (χ4v) is 1.09. The van der Waals surface area contributed by atoms with E-state index in [4.69, 9.17) is 5.26 Å². The second-order valence-electron chi connectivity index (χ2n) is 2.12. The van der Waals surface area contributed by atoms with Crippen molar-refractivity contribution in [1.82, 2.24) is 0 Å². The standard InChI is InChI=1S/C7H7BrN2/c8-6-1-2-7(3-4-9)10-5-6/h1,5,7H,2-3H2. The van der Waals surface area contributed by atoms with Crippen molar-refractivity contribution in [1.29, 1.82) is 5.26 Å². The predicted octanol–water partition coefficient (Wildman–Crippen LogP) is 2.02. The van der Waals surface area contributed by atoms with Crippen LogP contribution in [0.4, 0.5) is 0 Å². The van der Waals surface area contributed by atoms with Crippen molar-refractivity contribution in [3.8, 4) is 6.07 Å². The Morgan fingerprint density at radius 1 is 1.90 bits per heavy atom. The molecule has 0 spiro atoms. The largest absolute Gasteiger partial charge is 0.287 e. The number of nitrogens with zero attached hydrogens (tertiary/aromatic N) is 2. The van der Waals surface area contributed by atoms with Gasteiger partial charge in [-0.3, -0.25) is 4.99 Å². The first-order valence-corrected chi connectivity index (χ1v) is 3.88. The molecule has 1 unspecified atom stereocenters. The van der Waals surface area contributed by atoms with Crippen molar-refractivity contribution < 1.29 is 0 Å². The molecular formula is C7H7BrN2. The second-order valence-corrected chi connectivity index (χ2v) is 3.03. The Labute approximate surface area is 68.4 Å². The highest BCUT2D eigenvalue weighted by atomic mass is 79.9. The van der Waals surface area contributed by atoms with E-state index in [9.17, 15) is 0 Å². The number of hydrogen-bond donors (Lipinski definition) is 0. The summed E-state index contributed by atoms with van der Waals surface area (Å²) in [6.45, 7) is 0. The number of rotatable bonds is 1. The van der Waals surface area contributed by atoms with Crippen molar-refractivity contribution in [2.75, 3.05) is 0 Å². The SMILES string of the molecule is N#CCC1CC=C(Br)C=N1. The third-order valence-corrected chi connectivity index (χ3v) is 1.85. The monoisotopic (exact) mass is 198 g/mol. The summed E-state index contributed by atoms with van der Waals surface area (Å²) in [5.74, 6) is 0. The van der Waals surface area contributed by atoms with Crippen LogP contribution in [0.25, 0.3) is 0 Å². The van der Waals surface area contributed by atoms with Gasteiger partial charge in [0.25, 0.3) is 0 Å². The Bertz CT molecular complexity index is 212. The van der Waals surface area contributed by atoms with Gasteiger partial charge in [0, 0.05) is 10.7 Å². The molecule has 1 heterocycles. The molecule has 1 rings (SSSR count). The zero-order valence-electron chi connectivity index (χ0n) is 5.42. The normalized spacial score (nSPS) is 23.6. The maximum atomic E-state index is 8.33. The van der Waals surface area contributed by atoms with Crippen LogP contribution in [0.2, 0.25) is 0 Å². The third-order valence-electron chi connectivity index (χ3n) is 1.32. The molecule has 0 fully saturated rings. The maximum Gasteiger partial charge on any atom is 0.0664 e. The molecule has 0 saturated heterocycles. The molecule has 1 aliphatic rings. The first kappa shape index (κ1) is 7.49. The first-order chi connectivity index (χ1) is 4.83. The minimum Gasteiger partial charge on any atom is -0.287 e. The molecule has 2 nitrogen and oxygen atoms in total. The molecule has 0 aromatic rings. The van der Waals surface area contributed by atoms with Crippen molar-refractivity contribution in [3.63, 3.8) is 0 Å². The van der Waals surface area contributed by atoms with Gasteiger partial charge in [-0.2, -0.15) is 5.26 Å². The molecule has 0 aliphatic carbocycles.